The summed E-state index contributed by atoms with van der Waals surface area (Å²) in [4.78, 5) is 23.1. The van der Waals surface area contributed by atoms with E-state index < -0.39 is 21.8 Å². The summed E-state index contributed by atoms with van der Waals surface area (Å²) in [6.45, 7) is 0.438. The molecule has 168 valence electrons. The van der Waals surface area contributed by atoms with Crippen LogP contribution in [0.15, 0.2) is 76.9 Å². The van der Waals surface area contributed by atoms with E-state index in [2.05, 4.69) is 15.4 Å². The van der Waals surface area contributed by atoms with E-state index in [1.54, 1.807) is 43.4 Å². The van der Waals surface area contributed by atoms with E-state index in [4.69, 9.17) is 21.8 Å². The van der Waals surface area contributed by atoms with Crippen LogP contribution in [0.1, 0.15) is 5.69 Å². The standard InChI is InChI=1S/C16H15ClN4O2S.C4H4O4/c1-18-10-12-9-16(24(22,23)13-5-4-8-19-11-13)21(20-12)15-7-3-2-6-14(15)17;5-3(6)1-2-4(7)8/h2-9,11,18H,10H2,1H3;1-2H,(H,5,6)(H,7,8). The SMILES string of the molecule is CNCc1cc(S(=O)(=O)c2cccnc2)n(-c2ccccc2Cl)n1.O=C(O)C=CC(=O)O. The third kappa shape index (κ3) is 6.48. The summed E-state index contributed by atoms with van der Waals surface area (Å²) in [6.07, 6.45) is 3.96. The topological polar surface area (TPSA) is 151 Å². The number of hydrogen-bond donors (Lipinski definition) is 3. The molecule has 0 atom stereocenters. The van der Waals surface area contributed by atoms with E-state index in [9.17, 15) is 18.0 Å². The largest absolute Gasteiger partial charge is 0.478 e. The predicted octanol–water partition coefficient (Wildman–Crippen LogP) is 2.18. The Morgan fingerprint density at radius 3 is 2.31 bits per heavy atom. The minimum absolute atomic E-state index is 0.0499. The molecule has 0 unspecified atom stereocenters. The highest BCUT2D eigenvalue weighted by Crippen LogP contribution is 2.27. The number of para-hydroxylation sites is 1. The van der Waals surface area contributed by atoms with Crippen molar-refractivity contribution in [3.8, 4) is 5.69 Å². The first-order chi connectivity index (χ1) is 15.2. The van der Waals surface area contributed by atoms with Gasteiger partial charge in [0.1, 0.15) is 0 Å². The van der Waals surface area contributed by atoms with Gasteiger partial charge in [-0.1, -0.05) is 23.7 Å². The summed E-state index contributed by atoms with van der Waals surface area (Å²) in [6, 6.07) is 11.6. The van der Waals surface area contributed by atoms with Crippen molar-refractivity contribution in [1.82, 2.24) is 20.1 Å². The fourth-order valence-corrected chi connectivity index (χ4v) is 4.01. The molecule has 0 aliphatic rings. The Balaban J connectivity index is 0.000000390. The second kappa shape index (κ2) is 11.2. The number of aromatic nitrogens is 3. The second-order valence-electron chi connectivity index (χ2n) is 6.07. The van der Waals surface area contributed by atoms with E-state index in [1.165, 1.54) is 23.1 Å². The number of aliphatic carboxylic acids is 2. The Morgan fingerprint density at radius 2 is 1.78 bits per heavy atom. The van der Waals surface area contributed by atoms with E-state index in [1.807, 2.05) is 0 Å². The third-order valence-electron chi connectivity index (χ3n) is 3.75. The maximum atomic E-state index is 13.0. The van der Waals surface area contributed by atoms with Crippen LogP contribution < -0.4 is 5.32 Å². The van der Waals surface area contributed by atoms with Gasteiger partial charge in [-0.15, -0.1) is 0 Å². The number of pyridine rings is 1. The summed E-state index contributed by atoms with van der Waals surface area (Å²) >= 11 is 6.23. The lowest BCUT2D eigenvalue weighted by molar-refractivity contribution is -0.134. The molecule has 0 amide bonds. The summed E-state index contributed by atoms with van der Waals surface area (Å²) in [5.74, 6) is -2.51. The van der Waals surface area contributed by atoms with Gasteiger partial charge in [0.25, 0.3) is 0 Å². The Hall–Kier alpha value is -3.54. The van der Waals surface area contributed by atoms with Crippen LogP contribution in [-0.4, -0.2) is 52.4 Å². The summed E-state index contributed by atoms with van der Waals surface area (Å²) < 4.78 is 27.3. The molecule has 0 radical (unpaired) electrons. The average Bonchev–Trinajstić information content (AvgIpc) is 3.18. The van der Waals surface area contributed by atoms with Crippen LogP contribution in [0.25, 0.3) is 5.69 Å². The highest BCUT2D eigenvalue weighted by Gasteiger charge is 2.25. The van der Waals surface area contributed by atoms with Gasteiger partial charge in [0.05, 0.1) is 21.3 Å². The normalized spacial score (nSPS) is 11.1. The number of nitrogens with one attached hydrogen (secondary N) is 1. The van der Waals surface area contributed by atoms with Crippen molar-refractivity contribution in [2.24, 2.45) is 0 Å². The first kappa shape index (κ1) is 24.7. The number of carbonyl (C=O) groups is 2. The number of rotatable bonds is 7. The van der Waals surface area contributed by atoms with Crippen molar-refractivity contribution in [1.29, 1.82) is 0 Å². The molecule has 0 aliphatic heterocycles. The zero-order valence-corrected chi connectivity index (χ0v) is 18.3. The van der Waals surface area contributed by atoms with Crippen molar-refractivity contribution in [3.63, 3.8) is 0 Å². The molecule has 0 saturated carbocycles. The number of halogens is 1. The van der Waals surface area contributed by atoms with Gasteiger partial charge in [-0.25, -0.2) is 22.7 Å². The van der Waals surface area contributed by atoms with Gasteiger partial charge in [-0.3, -0.25) is 4.98 Å². The van der Waals surface area contributed by atoms with Gasteiger partial charge >= 0.3 is 11.9 Å². The van der Waals surface area contributed by atoms with E-state index in [-0.39, 0.29) is 9.92 Å². The molecule has 12 heteroatoms. The fourth-order valence-electron chi connectivity index (χ4n) is 2.43. The van der Waals surface area contributed by atoms with Gasteiger partial charge in [0.15, 0.2) is 5.03 Å². The molecule has 0 saturated heterocycles. The Morgan fingerprint density at radius 1 is 1.12 bits per heavy atom. The molecule has 2 heterocycles. The molecule has 3 N–H and O–H groups in total. The van der Waals surface area contributed by atoms with Crippen molar-refractivity contribution >= 4 is 33.4 Å². The molecule has 0 bridgehead atoms. The lowest BCUT2D eigenvalue weighted by atomic mass is 10.3. The maximum absolute atomic E-state index is 13.0. The lowest BCUT2D eigenvalue weighted by Crippen LogP contribution is -2.10. The number of benzene rings is 1. The third-order valence-corrected chi connectivity index (χ3v) is 5.78. The zero-order chi connectivity index (χ0) is 23.7. The molecule has 3 rings (SSSR count). The van der Waals surface area contributed by atoms with Crippen molar-refractivity contribution in [2.45, 2.75) is 16.5 Å². The Kier molecular flexibility index (Phi) is 8.64. The summed E-state index contributed by atoms with van der Waals surface area (Å²) in [7, 11) is -2.01. The zero-order valence-electron chi connectivity index (χ0n) is 16.7. The minimum Gasteiger partial charge on any atom is -0.478 e. The molecule has 10 nitrogen and oxygen atoms in total. The van der Waals surface area contributed by atoms with Crippen molar-refractivity contribution in [2.75, 3.05) is 7.05 Å². The van der Waals surface area contributed by atoms with Gasteiger partial charge in [0.2, 0.25) is 9.84 Å². The van der Waals surface area contributed by atoms with Crippen LogP contribution in [0.4, 0.5) is 0 Å². The first-order valence-electron chi connectivity index (χ1n) is 8.94. The molecule has 0 aliphatic carbocycles. The number of nitrogens with zero attached hydrogens (tertiary/aromatic N) is 3. The molecule has 0 fully saturated rings. The number of carboxylic acid groups (broad SMARTS) is 2. The molecular weight excluding hydrogens is 460 g/mol. The molecule has 2 aromatic heterocycles. The van der Waals surface area contributed by atoms with E-state index in [0.29, 0.717) is 35.1 Å². The van der Waals surface area contributed by atoms with Gasteiger partial charge in [0, 0.05) is 37.2 Å². The quantitative estimate of drug-likeness (QED) is 0.434. The van der Waals surface area contributed by atoms with Crippen molar-refractivity contribution < 1.29 is 28.2 Å². The van der Waals surface area contributed by atoms with Gasteiger partial charge < -0.3 is 15.5 Å². The van der Waals surface area contributed by atoms with Crippen LogP contribution in [0.3, 0.4) is 0 Å². The molecule has 0 spiro atoms. The highest BCUT2D eigenvalue weighted by atomic mass is 35.5. The maximum Gasteiger partial charge on any atom is 0.328 e. The average molecular weight is 479 g/mol. The smallest absolute Gasteiger partial charge is 0.328 e. The number of hydrogen-bond acceptors (Lipinski definition) is 7. The second-order valence-corrected chi connectivity index (χ2v) is 8.37. The highest BCUT2D eigenvalue weighted by molar-refractivity contribution is 7.91. The van der Waals surface area contributed by atoms with Crippen LogP contribution in [-0.2, 0) is 26.0 Å². The molecule has 3 aromatic rings. The molecular formula is C20H19ClN4O6S. The van der Waals surface area contributed by atoms with Gasteiger partial charge in [-0.05, 0) is 31.3 Å². The summed E-state index contributed by atoms with van der Waals surface area (Å²) in [5, 5.41) is 23.4. The first-order valence-corrected chi connectivity index (χ1v) is 10.8. The Labute approximate surface area is 188 Å². The minimum atomic E-state index is -3.78. The number of sulfone groups is 1. The van der Waals surface area contributed by atoms with Crippen LogP contribution >= 0.6 is 11.6 Å². The molecule has 32 heavy (non-hydrogen) atoms. The monoisotopic (exact) mass is 478 g/mol. The van der Waals surface area contributed by atoms with Crippen molar-refractivity contribution in [3.05, 3.63) is 77.7 Å². The molecule has 1 aromatic carbocycles. The lowest BCUT2D eigenvalue weighted by Gasteiger charge is -2.09. The summed E-state index contributed by atoms with van der Waals surface area (Å²) in [5.41, 5.74) is 1.10. The number of carboxylic acids is 2. The van der Waals surface area contributed by atoms with E-state index >= 15 is 0 Å². The predicted molar refractivity (Wildman–Crippen MR) is 115 cm³/mol. The van der Waals surface area contributed by atoms with Crippen LogP contribution in [0.5, 0.6) is 0 Å². The van der Waals surface area contributed by atoms with Crippen LogP contribution in [0, 0.1) is 0 Å². The fraction of sp³-hybridized carbons (Fsp3) is 0.100. The van der Waals surface area contributed by atoms with Crippen LogP contribution in [0.2, 0.25) is 5.02 Å². The van der Waals surface area contributed by atoms with Gasteiger partial charge in [-0.2, -0.15) is 5.10 Å². The Bertz CT molecular complexity index is 1210. The van der Waals surface area contributed by atoms with E-state index in [0.717, 1.165) is 0 Å².